The lowest BCUT2D eigenvalue weighted by molar-refractivity contribution is 0.862. The smallest absolute Gasteiger partial charge is 0.0556 e. The van der Waals surface area contributed by atoms with Crippen LogP contribution in [-0.4, -0.2) is 4.57 Å². The van der Waals surface area contributed by atoms with E-state index in [1.165, 1.54) is 22.2 Å². The van der Waals surface area contributed by atoms with Gasteiger partial charge in [0.1, 0.15) is 0 Å². The van der Waals surface area contributed by atoms with Crippen molar-refractivity contribution in [3.8, 4) is 0 Å². The van der Waals surface area contributed by atoms with Gasteiger partial charge in [-0.1, -0.05) is 34.1 Å². The minimum atomic E-state index is 0.798. The van der Waals surface area contributed by atoms with Gasteiger partial charge in [0.25, 0.3) is 0 Å². The molecular formula is C17H16Br2N2. The highest BCUT2D eigenvalue weighted by molar-refractivity contribution is 9.11. The average molecular weight is 408 g/mol. The van der Waals surface area contributed by atoms with Gasteiger partial charge < -0.3 is 9.88 Å². The molecular weight excluding hydrogens is 392 g/mol. The van der Waals surface area contributed by atoms with Crippen LogP contribution in [0.2, 0.25) is 0 Å². The summed E-state index contributed by atoms with van der Waals surface area (Å²) < 4.78 is 4.41. The summed E-state index contributed by atoms with van der Waals surface area (Å²) in [5, 5.41) is 4.84. The van der Waals surface area contributed by atoms with Crippen LogP contribution in [0.25, 0.3) is 10.9 Å². The fourth-order valence-corrected chi connectivity index (χ4v) is 3.45. The van der Waals surface area contributed by atoms with E-state index in [0.717, 1.165) is 21.2 Å². The molecule has 3 rings (SSSR count). The van der Waals surface area contributed by atoms with E-state index in [1.807, 2.05) is 12.1 Å². The minimum absolute atomic E-state index is 0.798. The van der Waals surface area contributed by atoms with Crippen LogP contribution in [0, 0.1) is 6.92 Å². The highest BCUT2D eigenvalue weighted by atomic mass is 79.9. The molecule has 4 heteroatoms. The van der Waals surface area contributed by atoms with Gasteiger partial charge in [-0.3, -0.25) is 0 Å². The molecule has 1 N–H and O–H groups in total. The van der Waals surface area contributed by atoms with Crippen LogP contribution >= 0.6 is 31.9 Å². The van der Waals surface area contributed by atoms with Crippen molar-refractivity contribution in [1.29, 1.82) is 0 Å². The number of nitrogens with one attached hydrogen (secondary N) is 1. The van der Waals surface area contributed by atoms with Gasteiger partial charge >= 0.3 is 0 Å². The quantitative estimate of drug-likeness (QED) is 0.595. The van der Waals surface area contributed by atoms with E-state index in [4.69, 9.17) is 0 Å². The number of aryl methyl sites for hydroxylation is 2. The molecule has 0 aliphatic carbocycles. The number of hydrogen-bond donors (Lipinski definition) is 1. The largest absolute Gasteiger partial charge is 0.379 e. The standard InChI is InChI=1S/C17H16Br2N2/c1-11-13-5-3-4-6-16(13)21(2)17(11)10-20-15-9-12(18)7-8-14(15)19/h3-9,20H,10H2,1-2H3. The van der Waals surface area contributed by atoms with Crippen LogP contribution in [0.3, 0.4) is 0 Å². The third kappa shape index (κ3) is 2.74. The lowest BCUT2D eigenvalue weighted by atomic mass is 10.1. The number of aromatic nitrogens is 1. The van der Waals surface area contributed by atoms with E-state index in [1.54, 1.807) is 0 Å². The van der Waals surface area contributed by atoms with Crippen LogP contribution in [0.4, 0.5) is 5.69 Å². The van der Waals surface area contributed by atoms with Gasteiger partial charge in [-0.25, -0.2) is 0 Å². The minimum Gasteiger partial charge on any atom is -0.379 e. The van der Waals surface area contributed by atoms with Gasteiger partial charge in [0.05, 0.1) is 6.54 Å². The van der Waals surface area contributed by atoms with Crippen molar-refractivity contribution in [3.63, 3.8) is 0 Å². The monoisotopic (exact) mass is 406 g/mol. The molecule has 0 atom stereocenters. The summed E-state index contributed by atoms with van der Waals surface area (Å²) in [5.74, 6) is 0. The maximum atomic E-state index is 3.59. The Balaban J connectivity index is 1.94. The second-order valence-electron chi connectivity index (χ2n) is 5.13. The summed E-state index contributed by atoms with van der Waals surface area (Å²) in [5.41, 5.74) is 5.02. The number of benzene rings is 2. The van der Waals surface area contributed by atoms with Crippen LogP contribution in [0.5, 0.6) is 0 Å². The first-order valence-electron chi connectivity index (χ1n) is 6.79. The van der Waals surface area contributed by atoms with Gasteiger partial charge in [-0.05, 0) is 52.7 Å². The van der Waals surface area contributed by atoms with Crippen molar-refractivity contribution in [2.24, 2.45) is 7.05 Å². The summed E-state index contributed by atoms with van der Waals surface area (Å²) in [7, 11) is 2.13. The van der Waals surface area contributed by atoms with Crippen LogP contribution < -0.4 is 5.32 Å². The number of halogens is 2. The molecule has 0 unspecified atom stereocenters. The Morgan fingerprint density at radius 1 is 1.10 bits per heavy atom. The van der Waals surface area contributed by atoms with Gasteiger partial charge in [0, 0.05) is 38.3 Å². The van der Waals surface area contributed by atoms with Crippen molar-refractivity contribution < 1.29 is 0 Å². The molecule has 0 saturated heterocycles. The third-order valence-electron chi connectivity index (χ3n) is 3.88. The molecule has 2 nitrogen and oxygen atoms in total. The molecule has 1 heterocycles. The first kappa shape index (κ1) is 14.7. The molecule has 0 fully saturated rings. The highest BCUT2D eigenvalue weighted by Crippen LogP contribution is 2.29. The van der Waals surface area contributed by atoms with Crippen LogP contribution in [-0.2, 0) is 13.6 Å². The van der Waals surface area contributed by atoms with Crippen molar-refractivity contribution in [1.82, 2.24) is 4.57 Å². The van der Waals surface area contributed by atoms with Crippen molar-refractivity contribution in [2.45, 2.75) is 13.5 Å². The van der Waals surface area contributed by atoms with Gasteiger partial charge in [0.15, 0.2) is 0 Å². The third-order valence-corrected chi connectivity index (χ3v) is 5.07. The van der Waals surface area contributed by atoms with Crippen molar-refractivity contribution >= 4 is 48.5 Å². The summed E-state index contributed by atoms with van der Waals surface area (Å²) in [4.78, 5) is 0. The molecule has 21 heavy (non-hydrogen) atoms. The fraction of sp³-hybridized carbons (Fsp3) is 0.176. The Kier molecular flexibility index (Phi) is 4.09. The highest BCUT2D eigenvalue weighted by Gasteiger charge is 2.11. The predicted molar refractivity (Wildman–Crippen MR) is 96.8 cm³/mol. The Morgan fingerprint density at radius 2 is 1.86 bits per heavy atom. The zero-order valence-electron chi connectivity index (χ0n) is 12.0. The number of fused-ring (bicyclic) bond motifs is 1. The van der Waals surface area contributed by atoms with E-state index in [9.17, 15) is 0 Å². The number of para-hydroxylation sites is 1. The van der Waals surface area contributed by atoms with E-state index in [2.05, 4.69) is 86.0 Å². The zero-order chi connectivity index (χ0) is 15.0. The van der Waals surface area contributed by atoms with E-state index in [0.29, 0.717) is 0 Å². The summed E-state index contributed by atoms with van der Waals surface area (Å²) in [6, 6.07) is 14.7. The van der Waals surface area contributed by atoms with E-state index < -0.39 is 0 Å². The first-order valence-corrected chi connectivity index (χ1v) is 8.38. The lowest BCUT2D eigenvalue weighted by Crippen LogP contribution is -2.06. The molecule has 0 radical (unpaired) electrons. The number of anilines is 1. The Labute approximate surface area is 141 Å². The molecule has 2 aromatic carbocycles. The van der Waals surface area contributed by atoms with Crippen LogP contribution in [0.1, 0.15) is 11.3 Å². The molecule has 3 aromatic rings. The molecule has 0 amide bonds. The Bertz CT molecular complexity index is 767. The average Bonchev–Trinajstić information content (AvgIpc) is 2.73. The second-order valence-corrected chi connectivity index (χ2v) is 6.90. The molecule has 1 aromatic heterocycles. The SMILES string of the molecule is Cc1c(CNc2cc(Br)ccc2Br)n(C)c2ccccc12. The van der Waals surface area contributed by atoms with Crippen molar-refractivity contribution in [3.05, 3.63) is 62.7 Å². The van der Waals surface area contributed by atoms with Gasteiger partial charge in [-0.15, -0.1) is 0 Å². The molecule has 108 valence electrons. The number of hydrogen-bond acceptors (Lipinski definition) is 1. The number of nitrogens with zero attached hydrogens (tertiary/aromatic N) is 1. The second kappa shape index (κ2) is 5.85. The topological polar surface area (TPSA) is 17.0 Å². The fourth-order valence-electron chi connectivity index (χ4n) is 2.70. The molecule has 0 bridgehead atoms. The zero-order valence-corrected chi connectivity index (χ0v) is 15.1. The van der Waals surface area contributed by atoms with Crippen LogP contribution in [0.15, 0.2) is 51.4 Å². The molecule has 0 saturated carbocycles. The van der Waals surface area contributed by atoms with E-state index >= 15 is 0 Å². The Hall–Kier alpha value is -1.26. The first-order chi connectivity index (χ1) is 10.1. The summed E-state index contributed by atoms with van der Waals surface area (Å²) in [6.07, 6.45) is 0. The molecule has 0 aliphatic rings. The lowest BCUT2D eigenvalue weighted by Gasteiger charge is -2.11. The predicted octanol–water partition coefficient (Wildman–Crippen LogP) is 5.62. The van der Waals surface area contributed by atoms with Crippen molar-refractivity contribution in [2.75, 3.05) is 5.32 Å². The van der Waals surface area contributed by atoms with E-state index in [-0.39, 0.29) is 0 Å². The normalized spacial score (nSPS) is 11.0. The van der Waals surface area contributed by atoms with Gasteiger partial charge in [-0.2, -0.15) is 0 Å². The Morgan fingerprint density at radius 3 is 2.62 bits per heavy atom. The summed E-state index contributed by atoms with van der Waals surface area (Å²) >= 11 is 7.10. The maximum Gasteiger partial charge on any atom is 0.0556 e. The maximum absolute atomic E-state index is 3.59. The van der Waals surface area contributed by atoms with Gasteiger partial charge in [0.2, 0.25) is 0 Å². The number of rotatable bonds is 3. The molecule has 0 spiro atoms. The molecule has 0 aliphatic heterocycles. The summed E-state index contributed by atoms with van der Waals surface area (Å²) in [6.45, 7) is 2.99.